The van der Waals surface area contributed by atoms with Crippen molar-refractivity contribution >= 4 is 30.3 Å². The lowest BCUT2D eigenvalue weighted by molar-refractivity contribution is -0.119. The van der Waals surface area contributed by atoms with E-state index in [0.717, 1.165) is 0 Å². The lowest BCUT2D eigenvalue weighted by Crippen LogP contribution is -2.37. The van der Waals surface area contributed by atoms with E-state index in [0.29, 0.717) is 11.4 Å². The molecule has 0 radical (unpaired) electrons. The van der Waals surface area contributed by atoms with Crippen molar-refractivity contribution in [2.45, 2.75) is 32.5 Å². The van der Waals surface area contributed by atoms with Gasteiger partial charge in [0, 0.05) is 12.4 Å². The predicted octanol–water partition coefficient (Wildman–Crippen LogP) is 1.32. The number of anilines is 1. The molecule has 2 amide bonds. The number of amides is 2. The van der Waals surface area contributed by atoms with Crippen LogP contribution in [0.2, 0.25) is 0 Å². The quantitative estimate of drug-likeness (QED) is 0.818. The summed E-state index contributed by atoms with van der Waals surface area (Å²) >= 11 is 0. The molecule has 2 heterocycles. The molecule has 0 saturated carbocycles. The van der Waals surface area contributed by atoms with Crippen molar-refractivity contribution in [1.82, 2.24) is 5.32 Å². The van der Waals surface area contributed by atoms with Gasteiger partial charge in [0.05, 0.1) is 24.5 Å². The Hall–Kier alpha value is -2.55. The number of hydrogen-bond donors (Lipinski definition) is 1. The highest BCUT2D eigenvalue weighted by Crippen LogP contribution is 2.30. The molecule has 7 nitrogen and oxygen atoms in total. The zero-order valence-corrected chi connectivity index (χ0v) is 14.9. The zero-order chi connectivity index (χ0) is 19.1. The number of hydrogen-bond acceptors (Lipinski definition) is 5. The number of cyclic esters (lactones) is 1. The number of rotatable bonds is 4. The summed E-state index contributed by atoms with van der Waals surface area (Å²) in [6.07, 6.45) is -1.07. The van der Waals surface area contributed by atoms with Crippen LogP contribution >= 0.6 is 0 Å². The van der Waals surface area contributed by atoms with Crippen LogP contribution in [0.25, 0.3) is 0 Å². The summed E-state index contributed by atoms with van der Waals surface area (Å²) in [7, 11) is -0.885. The van der Waals surface area contributed by atoms with Gasteiger partial charge in [-0.15, -0.1) is 0 Å². The minimum absolute atomic E-state index is 0.207. The van der Waals surface area contributed by atoms with Crippen molar-refractivity contribution in [2.24, 2.45) is 0 Å². The highest BCUT2D eigenvalue weighted by molar-refractivity contribution is 6.62. The maximum Gasteiger partial charge on any atom is 0.566 e. The molecule has 0 unspecified atom stereocenters. The SMILES string of the molecule is C=C1OB(c2ccc(N3C[C@H](CNC(C)=O)OC3=O)cc2F)OC1(C)C. The van der Waals surface area contributed by atoms with Crippen LogP contribution < -0.4 is 15.7 Å². The summed E-state index contributed by atoms with van der Waals surface area (Å²) in [5.74, 6) is -0.345. The molecule has 0 aromatic heterocycles. The van der Waals surface area contributed by atoms with Gasteiger partial charge in [0.1, 0.15) is 17.5 Å². The van der Waals surface area contributed by atoms with Gasteiger partial charge in [0.25, 0.3) is 0 Å². The van der Waals surface area contributed by atoms with Gasteiger partial charge in [-0.3, -0.25) is 9.69 Å². The molecule has 9 heteroatoms. The Bertz CT molecular complexity index is 770. The van der Waals surface area contributed by atoms with E-state index in [2.05, 4.69) is 11.9 Å². The van der Waals surface area contributed by atoms with E-state index in [9.17, 15) is 14.0 Å². The Morgan fingerprint density at radius 1 is 1.50 bits per heavy atom. The molecule has 1 aromatic carbocycles. The van der Waals surface area contributed by atoms with Gasteiger partial charge < -0.3 is 19.4 Å². The fourth-order valence-electron chi connectivity index (χ4n) is 2.73. The molecule has 0 aliphatic carbocycles. The van der Waals surface area contributed by atoms with Crippen molar-refractivity contribution in [2.75, 3.05) is 18.0 Å². The van der Waals surface area contributed by atoms with Crippen molar-refractivity contribution in [3.63, 3.8) is 0 Å². The summed E-state index contributed by atoms with van der Waals surface area (Å²) in [6.45, 7) is 9.16. The van der Waals surface area contributed by atoms with Gasteiger partial charge in [0.15, 0.2) is 0 Å². The summed E-state index contributed by atoms with van der Waals surface area (Å²) in [5.41, 5.74) is -0.119. The normalized spacial score (nSPS) is 21.6. The highest BCUT2D eigenvalue weighted by Gasteiger charge is 2.44. The van der Waals surface area contributed by atoms with Gasteiger partial charge in [-0.05, 0) is 26.0 Å². The van der Waals surface area contributed by atoms with Crippen LogP contribution in [0.4, 0.5) is 14.9 Å². The van der Waals surface area contributed by atoms with Gasteiger partial charge in [-0.25, -0.2) is 9.18 Å². The Labute approximate surface area is 151 Å². The summed E-state index contributed by atoms with van der Waals surface area (Å²) in [5, 5.41) is 2.59. The van der Waals surface area contributed by atoms with Crippen molar-refractivity contribution < 1.29 is 28.0 Å². The number of ether oxygens (including phenoxy) is 1. The second-order valence-electron chi connectivity index (χ2n) is 6.76. The molecule has 138 valence electrons. The number of nitrogens with one attached hydrogen (secondary N) is 1. The molecule has 1 aromatic rings. The fourth-order valence-corrected chi connectivity index (χ4v) is 2.73. The maximum absolute atomic E-state index is 14.6. The van der Waals surface area contributed by atoms with Crippen LogP contribution in [0.5, 0.6) is 0 Å². The molecule has 3 rings (SSSR count). The Morgan fingerprint density at radius 3 is 2.81 bits per heavy atom. The molecule has 26 heavy (non-hydrogen) atoms. The number of benzene rings is 1. The summed E-state index contributed by atoms with van der Waals surface area (Å²) in [4.78, 5) is 24.3. The van der Waals surface area contributed by atoms with Gasteiger partial charge >= 0.3 is 13.2 Å². The molecule has 2 fully saturated rings. The van der Waals surface area contributed by atoms with Crippen LogP contribution in [0, 0.1) is 5.82 Å². The van der Waals surface area contributed by atoms with Crippen LogP contribution in [-0.4, -0.2) is 43.9 Å². The lowest BCUT2D eigenvalue weighted by atomic mass is 9.78. The maximum atomic E-state index is 14.6. The molecule has 2 saturated heterocycles. The summed E-state index contributed by atoms with van der Waals surface area (Å²) in [6, 6.07) is 4.35. The molecular formula is C17H20BFN2O5. The van der Waals surface area contributed by atoms with Crippen molar-refractivity contribution in [3.05, 3.63) is 36.4 Å². The van der Waals surface area contributed by atoms with Crippen molar-refractivity contribution in [3.8, 4) is 0 Å². The van der Waals surface area contributed by atoms with Gasteiger partial charge in [-0.2, -0.15) is 0 Å². The first kappa shape index (κ1) is 18.3. The fraction of sp³-hybridized carbons (Fsp3) is 0.412. The largest absolute Gasteiger partial charge is 0.566 e. The Morgan fingerprint density at radius 2 is 2.23 bits per heavy atom. The molecule has 0 spiro atoms. The third-order valence-electron chi connectivity index (χ3n) is 4.32. The Kier molecular flexibility index (Phi) is 4.66. The molecule has 2 aliphatic heterocycles. The van der Waals surface area contributed by atoms with E-state index < -0.39 is 30.7 Å². The highest BCUT2D eigenvalue weighted by atomic mass is 19.1. The number of halogens is 1. The van der Waals surface area contributed by atoms with Crippen LogP contribution in [0.1, 0.15) is 20.8 Å². The number of nitrogens with zero attached hydrogens (tertiary/aromatic N) is 1. The minimum atomic E-state index is -0.885. The second-order valence-corrected chi connectivity index (χ2v) is 6.76. The van der Waals surface area contributed by atoms with E-state index in [-0.39, 0.29) is 24.5 Å². The van der Waals surface area contributed by atoms with Crippen LogP contribution in [0.15, 0.2) is 30.5 Å². The van der Waals surface area contributed by atoms with E-state index in [4.69, 9.17) is 14.0 Å². The molecule has 0 bridgehead atoms. The lowest BCUT2D eigenvalue weighted by Gasteiger charge is -2.16. The Balaban J connectivity index is 1.73. The van der Waals surface area contributed by atoms with Crippen LogP contribution in [0.3, 0.4) is 0 Å². The van der Waals surface area contributed by atoms with E-state index >= 15 is 0 Å². The third-order valence-corrected chi connectivity index (χ3v) is 4.32. The molecule has 2 aliphatic rings. The molecular weight excluding hydrogens is 342 g/mol. The second kappa shape index (κ2) is 6.64. The smallest absolute Gasteiger partial charge is 0.534 e. The molecule has 1 N–H and O–H groups in total. The van der Waals surface area contributed by atoms with Gasteiger partial charge in [0.2, 0.25) is 5.91 Å². The van der Waals surface area contributed by atoms with E-state index in [1.807, 2.05) is 0 Å². The topological polar surface area (TPSA) is 77.1 Å². The first-order chi connectivity index (χ1) is 12.2. The first-order valence-electron chi connectivity index (χ1n) is 8.23. The standard InChI is InChI=1S/C17H20BFN2O5/c1-10-17(3,4)26-18(25-10)14-6-5-12(7-15(14)19)21-9-13(24-16(21)23)8-20-11(2)22/h5-7,13H,1,8-9H2,2-4H3,(H,20,22)/t13-/m0/s1. The number of carbonyl (C=O) groups excluding carboxylic acids is 2. The number of carbonyl (C=O) groups is 2. The predicted molar refractivity (Wildman–Crippen MR) is 93.5 cm³/mol. The van der Waals surface area contributed by atoms with Crippen molar-refractivity contribution in [1.29, 1.82) is 0 Å². The average Bonchev–Trinajstić information content (AvgIpc) is 3.05. The average molecular weight is 362 g/mol. The first-order valence-corrected chi connectivity index (χ1v) is 8.23. The minimum Gasteiger partial charge on any atom is -0.534 e. The zero-order valence-electron chi connectivity index (χ0n) is 14.9. The monoisotopic (exact) mass is 362 g/mol. The van der Waals surface area contributed by atoms with E-state index in [1.54, 1.807) is 19.9 Å². The third kappa shape index (κ3) is 3.53. The van der Waals surface area contributed by atoms with Gasteiger partial charge in [-0.1, -0.05) is 12.6 Å². The van der Waals surface area contributed by atoms with E-state index in [1.165, 1.54) is 24.0 Å². The molecule has 1 atom stereocenters. The summed E-state index contributed by atoms with van der Waals surface area (Å²) < 4.78 is 30.9. The van der Waals surface area contributed by atoms with Crippen LogP contribution in [-0.2, 0) is 18.8 Å².